The molecule has 2 aromatic carbocycles. The van der Waals surface area contributed by atoms with Gasteiger partial charge in [0.05, 0.1) is 6.04 Å². The van der Waals surface area contributed by atoms with Crippen LogP contribution in [0.25, 0.3) is 10.9 Å². The molecule has 4 heterocycles. The lowest BCUT2D eigenvalue weighted by Gasteiger charge is -2.36. The fourth-order valence-corrected chi connectivity index (χ4v) is 5.36. The van der Waals surface area contributed by atoms with E-state index in [2.05, 4.69) is 20.9 Å². The number of nitrogens with zero attached hydrogens (tertiary/aromatic N) is 4. The summed E-state index contributed by atoms with van der Waals surface area (Å²) in [6.45, 7) is 3.23. The van der Waals surface area contributed by atoms with Crippen molar-refractivity contribution < 1.29 is 9.59 Å². The SMILES string of the molecule is O=C(CCN1C(=O)c2ccccc2[C@H]1c1c[nH]c2ccccc12)N1CCN(c2ccccn2)CC1. The van der Waals surface area contributed by atoms with Crippen molar-refractivity contribution in [1.29, 1.82) is 0 Å². The summed E-state index contributed by atoms with van der Waals surface area (Å²) in [7, 11) is 0. The van der Waals surface area contributed by atoms with E-state index in [1.807, 2.05) is 76.7 Å². The molecule has 176 valence electrons. The number of hydrogen-bond donors (Lipinski definition) is 1. The van der Waals surface area contributed by atoms with Gasteiger partial charge in [-0.3, -0.25) is 9.59 Å². The number of para-hydroxylation sites is 1. The number of fused-ring (bicyclic) bond motifs is 2. The summed E-state index contributed by atoms with van der Waals surface area (Å²) in [4.78, 5) is 40.3. The molecule has 0 spiro atoms. The molecule has 0 unspecified atom stereocenters. The van der Waals surface area contributed by atoms with Gasteiger partial charge in [-0.1, -0.05) is 42.5 Å². The molecule has 7 heteroatoms. The average Bonchev–Trinajstić information content (AvgIpc) is 3.46. The van der Waals surface area contributed by atoms with Gasteiger partial charge in [0.15, 0.2) is 0 Å². The maximum atomic E-state index is 13.4. The van der Waals surface area contributed by atoms with Gasteiger partial charge in [0, 0.05) is 73.6 Å². The monoisotopic (exact) mass is 465 g/mol. The summed E-state index contributed by atoms with van der Waals surface area (Å²) in [5, 5.41) is 1.10. The Morgan fingerprint density at radius 2 is 1.69 bits per heavy atom. The van der Waals surface area contributed by atoms with Gasteiger partial charge in [-0.25, -0.2) is 4.98 Å². The Kier molecular flexibility index (Phi) is 5.45. The number of nitrogens with one attached hydrogen (secondary N) is 1. The first-order valence-corrected chi connectivity index (χ1v) is 12.1. The van der Waals surface area contributed by atoms with E-state index in [0.717, 1.165) is 46.5 Å². The van der Waals surface area contributed by atoms with Crippen LogP contribution in [0.2, 0.25) is 0 Å². The summed E-state index contributed by atoms with van der Waals surface area (Å²) in [5.74, 6) is 1.03. The number of amides is 2. The molecule has 7 nitrogen and oxygen atoms in total. The zero-order chi connectivity index (χ0) is 23.8. The van der Waals surface area contributed by atoms with E-state index < -0.39 is 0 Å². The Bertz CT molecular complexity index is 1370. The molecule has 0 saturated carbocycles. The number of piperazine rings is 1. The first-order chi connectivity index (χ1) is 17.2. The number of anilines is 1. The van der Waals surface area contributed by atoms with E-state index in [0.29, 0.717) is 26.1 Å². The summed E-state index contributed by atoms with van der Waals surface area (Å²) in [6.07, 6.45) is 4.10. The molecule has 0 radical (unpaired) electrons. The van der Waals surface area contributed by atoms with Gasteiger partial charge >= 0.3 is 0 Å². The molecule has 1 fully saturated rings. The van der Waals surface area contributed by atoms with Crippen LogP contribution in [0.1, 0.15) is 33.9 Å². The van der Waals surface area contributed by atoms with Crippen molar-refractivity contribution in [2.75, 3.05) is 37.6 Å². The zero-order valence-electron chi connectivity index (χ0n) is 19.4. The fraction of sp³-hybridized carbons (Fsp3) is 0.250. The number of pyridine rings is 1. The molecule has 1 saturated heterocycles. The maximum Gasteiger partial charge on any atom is 0.255 e. The van der Waals surface area contributed by atoms with Gasteiger partial charge in [-0.05, 0) is 29.8 Å². The number of carbonyl (C=O) groups excluding carboxylic acids is 2. The Morgan fingerprint density at radius 1 is 0.914 bits per heavy atom. The number of benzene rings is 2. The Hall–Kier alpha value is -4.13. The number of carbonyl (C=O) groups is 2. The van der Waals surface area contributed by atoms with Crippen LogP contribution in [0.15, 0.2) is 79.1 Å². The van der Waals surface area contributed by atoms with E-state index >= 15 is 0 Å². The normalized spacial score (nSPS) is 17.8. The topological polar surface area (TPSA) is 72.5 Å². The third-order valence-electron chi connectivity index (χ3n) is 7.15. The van der Waals surface area contributed by atoms with Crippen molar-refractivity contribution in [2.24, 2.45) is 0 Å². The van der Waals surface area contributed by atoms with Gasteiger partial charge in [0.2, 0.25) is 5.91 Å². The lowest BCUT2D eigenvalue weighted by molar-refractivity contribution is -0.131. The van der Waals surface area contributed by atoms with Crippen molar-refractivity contribution >= 4 is 28.5 Å². The van der Waals surface area contributed by atoms with Crippen molar-refractivity contribution in [1.82, 2.24) is 19.8 Å². The predicted octanol–water partition coefficient (Wildman–Crippen LogP) is 3.85. The van der Waals surface area contributed by atoms with Crippen LogP contribution in [0.3, 0.4) is 0 Å². The second-order valence-corrected chi connectivity index (χ2v) is 9.08. The predicted molar refractivity (Wildman–Crippen MR) is 135 cm³/mol. The summed E-state index contributed by atoms with van der Waals surface area (Å²) in [5.41, 5.74) is 3.83. The van der Waals surface area contributed by atoms with Crippen molar-refractivity contribution in [3.8, 4) is 0 Å². The number of aromatic amines is 1. The van der Waals surface area contributed by atoms with E-state index in [1.54, 1.807) is 6.20 Å². The zero-order valence-corrected chi connectivity index (χ0v) is 19.4. The minimum Gasteiger partial charge on any atom is -0.361 e. The highest BCUT2D eigenvalue weighted by Crippen LogP contribution is 2.41. The molecule has 1 N–H and O–H groups in total. The van der Waals surface area contributed by atoms with Gasteiger partial charge in [0.25, 0.3) is 5.91 Å². The van der Waals surface area contributed by atoms with Gasteiger partial charge in [0.1, 0.15) is 5.82 Å². The Labute approximate surface area is 204 Å². The molecule has 35 heavy (non-hydrogen) atoms. The van der Waals surface area contributed by atoms with E-state index in [9.17, 15) is 9.59 Å². The Morgan fingerprint density at radius 3 is 2.51 bits per heavy atom. The smallest absolute Gasteiger partial charge is 0.255 e. The fourth-order valence-electron chi connectivity index (χ4n) is 5.36. The molecular weight excluding hydrogens is 438 g/mol. The highest BCUT2D eigenvalue weighted by atomic mass is 16.2. The molecule has 1 atom stereocenters. The van der Waals surface area contributed by atoms with Crippen molar-refractivity contribution in [3.05, 3.63) is 95.8 Å². The molecular formula is C28H27N5O2. The molecule has 0 aliphatic carbocycles. The van der Waals surface area contributed by atoms with Crippen LogP contribution >= 0.6 is 0 Å². The third-order valence-corrected chi connectivity index (χ3v) is 7.15. The standard InChI is InChI=1S/C28H27N5O2/c34-26(32-17-15-31(16-18-32)25-11-5-6-13-29-25)12-14-33-27(21-8-1-2-9-22(21)28(33)35)23-19-30-24-10-4-3-7-20(23)24/h1-11,13,19,27,30H,12,14-18H2/t27-/m0/s1. The van der Waals surface area contributed by atoms with Crippen LogP contribution in [-0.2, 0) is 4.79 Å². The molecule has 2 aromatic heterocycles. The first-order valence-electron chi connectivity index (χ1n) is 12.1. The third kappa shape index (κ3) is 3.83. The van der Waals surface area contributed by atoms with Gasteiger partial charge in [-0.2, -0.15) is 0 Å². The first kappa shape index (κ1) is 21.4. The van der Waals surface area contributed by atoms with Crippen LogP contribution in [0.4, 0.5) is 5.82 Å². The summed E-state index contributed by atoms with van der Waals surface area (Å²) in [6, 6.07) is 21.6. The number of aromatic nitrogens is 2. The lowest BCUT2D eigenvalue weighted by atomic mass is 9.97. The summed E-state index contributed by atoms with van der Waals surface area (Å²) >= 11 is 0. The number of hydrogen-bond acceptors (Lipinski definition) is 4. The number of H-pyrrole nitrogens is 1. The number of rotatable bonds is 5. The largest absolute Gasteiger partial charge is 0.361 e. The van der Waals surface area contributed by atoms with E-state index in [1.165, 1.54) is 0 Å². The van der Waals surface area contributed by atoms with Gasteiger partial charge in [-0.15, -0.1) is 0 Å². The van der Waals surface area contributed by atoms with Crippen LogP contribution in [-0.4, -0.2) is 64.3 Å². The second kappa shape index (κ2) is 8.91. The average molecular weight is 466 g/mol. The van der Waals surface area contributed by atoms with Crippen molar-refractivity contribution in [2.45, 2.75) is 12.5 Å². The molecule has 2 aliphatic heterocycles. The van der Waals surface area contributed by atoms with Crippen LogP contribution in [0.5, 0.6) is 0 Å². The molecule has 2 aliphatic rings. The minimum absolute atomic E-state index is 0.0105. The van der Waals surface area contributed by atoms with Crippen LogP contribution in [0, 0.1) is 0 Å². The highest BCUT2D eigenvalue weighted by Gasteiger charge is 2.38. The highest BCUT2D eigenvalue weighted by molar-refractivity contribution is 6.01. The van der Waals surface area contributed by atoms with E-state index in [4.69, 9.17) is 0 Å². The summed E-state index contributed by atoms with van der Waals surface area (Å²) < 4.78 is 0. The maximum absolute atomic E-state index is 13.4. The van der Waals surface area contributed by atoms with Crippen LogP contribution < -0.4 is 4.90 Å². The second-order valence-electron chi connectivity index (χ2n) is 9.08. The molecule has 4 aromatic rings. The molecule has 0 bridgehead atoms. The molecule has 2 amide bonds. The molecule has 6 rings (SSSR count). The Balaban J connectivity index is 1.18. The lowest BCUT2D eigenvalue weighted by Crippen LogP contribution is -2.49. The van der Waals surface area contributed by atoms with Crippen molar-refractivity contribution in [3.63, 3.8) is 0 Å². The van der Waals surface area contributed by atoms with Gasteiger partial charge < -0.3 is 19.7 Å². The minimum atomic E-state index is -0.205. The quantitative estimate of drug-likeness (QED) is 0.486. The van der Waals surface area contributed by atoms with E-state index in [-0.39, 0.29) is 17.9 Å².